The topological polar surface area (TPSA) is 76.8 Å². The number of Topliss-reactive ketones (excluding diaryl/α,β-unsaturated/α-hetero) is 1. The van der Waals surface area contributed by atoms with Crippen LogP contribution in [0.1, 0.15) is 69.2 Å². The molecule has 0 saturated heterocycles. The number of benzene rings is 2. The Morgan fingerprint density at radius 2 is 1.68 bits per heavy atom. The van der Waals surface area contributed by atoms with Crippen LogP contribution in [0.3, 0.4) is 0 Å². The first-order valence-corrected chi connectivity index (χ1v) is 10.0. The van der Waals surface area contributed by atoms with Crippen molar-refractivity contribution in [3.05, 3.63) is 88.4 Å². The molecule has 0 spiro atoms. The molecule has 0 aliphatic carbocycles. The maximum absolute atomic E-state index is 12.7. The maximum Gasteiger partial charge on any atom is 0.337 e. The number of fused-ring (bicyclic) bond motifs is 1. The van der Waals surface area contributed by atoms with Gasteiger partial charge in [-0.25, -0.2) is 4.79 Å². The normalized spacial score (nSPS) is 17.4. The second-order valence-electron chi connectivity index (χ2n) is 7.66. The molecule has 1 aliphatic rings. The zero-order valence-electron chi connectivity index (χ0n) is 17.8. The number of esters is 1. The number of ether oxygens (including phenoxy) is 1. The fourth-order valence-corrected chi connectivity index (χ4v) is 4.40. The summed E-state index contributed by atoms with van der Waals surface area (Å²) >= 11 is 0. The fourth-order valence-electron chi connectivity index (χ4n) is 4.40. The SMILES string of the molecule is COC(=O)c1ccc([C@H]2[C@@H](c3cc(C(C)=O)c(C)o3)c3ccccc3N2C(C)=O)cc1. The van der Waals surface area contributed by atoms with Gasteiger partial charge < -0.3 is 14.1 Å². The molecule has 2 atom stereocenters. The Balaban J connectivity index is 1.89. The number of carbonyl (C=O) groups excluding carboxylic acids is 3. The van der Waals surface area contributed by atoms with Crippen LogP contribution in [0.4, 0.5) is 5.69 Å². The van der Waals surface area contributed by atoms with Gasteiger partial charge in [0.2, 0.25) is 5.91 Å². The van der Waals surface area contributed by atoms with Crippen LogP contribution in [0.2, 0.25) is 0 Å². The van der Waals surface area contributed by atoms with E-state index in [1.807, 2.05) is 36.4 Å². The Labute approximate surface area is 180 Å². The molecule has 0 fully saturated rings. The van der Waals surface area contributed by atoms with Crippen molar-refractivity contribution in [2.45, 2.75) is 32.7 Å². The lowest BCUT2D eigenvalue weighted by molar-refractivity contribution is -0.117. The number of hydrogen-bond donors (Lipinski definition) is 0. The molecule has 0 bridgehead atoms. The minimum absolute atomic E-state index is 0.0683. The molecule has 6 nitrogen and oxygen atoms in total. The Morgan fingerprint density at radius 3 is 2.26 bits per heavy atom. The van der Waals surface area contributed by atoms with Gasteiger partial charge in [0.25, 0.3) is 0 Å². The molecule has 0 radical (unpaired) electrons. The average Bonchev–Trinajstić information content (AvgIpc) is 3.31. The lowest BCUT2D eigenvalue weighted by Crippen LogP contribution is -2.31. The molecule has 31 heavy (non-hydrogen) atoms. The summed E-state index contributed by atoms with van der Waals surface area (Å²) in [6.45, 7) is 4.81. The summed E-state index contributed by atoms with van der Waals surface area (Å²) in [5, 5.41) is 0. The molecule has 1 aromatic heterocycles. The van der Waals surface area contributed by atoms with Gasteiger partial charge in [0.05, 0.1) is 30.2 Å². The zero-order valence-corrected chi connectivity index (χ0v) is 17.8. The van der Waals surface area contributed by atoms with E-state index in [0.29, 0.717) is 22.6 Å². The summed E-state index contributed by atoms with van der Waals surface area (Å²) in [6.07, 6.45) is 0. The number of carbonyl (C=O) groups is 3. The van der Waals surface area contributed by atoms with E-state index < -0.39 is 5.97 Å². The highest BCUT2D eigenvalue weighted by molar-refractivity contribution is 5.97. The molecular weight excluding hydrogens is 394 g/mol. The first-order valence-electron chi connectivity index (χ1n) is 10.0. The third-order valence-corrected chi connectivity index (χ3v) is 5.76. The van der Waals surface area contributed by atoms with Crippen molar-refractivity contribution in [1.82, 2.24) is 0 Å². The highest BCUT2D eigenvalue weighted by Gasteiger charge is 2.44. The van der Waals surface area contributed by atoms with Crippen LogP contribution in [-0.2, 0) is 9.53 Å². The van der Waals surface area contributed by atoms with E-state index in [4.69, 9.17) is 9.15 Å². The molecule has 158 valence electrons. The van der Waals surface area contributed by atoms with Crippen molar-refractivity contribution in [3.63, 3.8) is 0 Å². The second kappa shape index (κ2) is 7.87. The van der Waals surface area contributed by atoms with Crippen LogP contribution in [0.15, 0.2) is 59.0 Å². The van der Waals surface area contributed by atoms with Gasteiger partial charge >= 0.3 is 5.97 Å². The zero-order chi connectivity index (χ0) is 22.3. The predicted octanol–water partition coefficient (Wildman–Crippen LogP) is 4.82. The quantitative estimate of drug-likeness (QED) is 0.449. The van der Waals surface area contributed by atoms with Crippen molar-refractivity contribution in [1.29, 1.82) is 0 Å². The number of anilines is 1. The smallest absolute Gasteiger partial charge is 0.337 e. The van der Waals surface area contributed by atoms with Gasteiger partial charge in [-0.1, -0.05) is 30.3 Å². The van der Waals surface area contributed by atoms with Crippen LogP contribution in [0.25, 0.3) is 0 Å². The number of aryl methyl sites for hydroxylation is 1. The standard InChI is InChI=1S/C25H23NO5/c1-14(27)20-13-22(31-15(20)2)23-19-7-5-6-8-21(19)26(16(3)28)24(23)17-9-11-18(12-10-17)25(29)30-4/h5-13,23-24H,1-4H3/t23-,24+/m1/s1. The Hall–Kier alpha value is -3.67. The van der Waals surface area contributed by atoms with E-state index in [1.165, 1.54) is 21.0 Å². The number of nitrogens with zero attached hydrogens (tertiary/aromatic N) is 1. The molecule has 4 rings (SSSR count). The minimum Gasteiger partial charge on any atom is -0.465 e. The van der Waals surface area contributed by atoms with Crippen molar-refractivity contribution >= 4 is 23.3 Å². The first-order chi connectivity index (χ1) is 14.8. The number of furan rings is 1. The molecular formula is C25H23NO5. The molecule has 1 aliphatic heterocycles. The summed E-state index contributed by atoms with van der Waals surface area (Å²) < 4.78 is 10.8. The van der Waals surface area contributed by atoms with Crippen LogP contribution >= 0.6 is 0 Å². The summed E-state index contributed by atoms with van der Waals surface area (Å²) in [6, 6.07) is 16.1. The van der Waals surface area contributed by atoms with Gasteiger partial charge in [0.15, 0.2) is 5.78 Å². The number of amides is 1. The molecule has 1 amide bonds. The fraction of sp³-hybridized carbons (Fsp3) is 0.240. The summed E-state index contributed by atoms with van der Waals surface area (Å²) in [5.74, 6) is 0.292. The summed E-state index contributed by atoms with van der Waals surface area (Å²) in [5.41, 5.74) is 3.57. The number of rotatable bonds is 4. The van der Waals surface area contributed by atoms with Crippen LogP contribution in [-0.4, -0.2) is 24.8 Å². The maximum atomic E-state index is 12.7. The molecule has 2 aromatic carbocycles. The van der Waals surface area contributed by atoms with E-state index >= 15 is 0 Å². The highest BCUT2D eigenvalue weighted by atomic mass is 16.5. The summed E-state index contributed by atoms with van der Waals surface area (Å²) in [4.78, 5) is 38.4. The minimum atomic E-state index is -0.422. The third kappa shape index (κ3) is 3.44. The van der Waals surface area contributed by atoms with Crippen molar-refractivity contribution in [3.8, 4) is 0 Å². The first kappa shape index (κ1) is 20.6. The van der Waals surface area contributed by atoms with E-state index in [1.54, 1.807) is 30.0 Å². The molecule has 0 unspecified atom stereocenters. The van der Waals surface area contributed by atoms with Crippen molar-refractivity contribution < 1.29 is 23.5 Å². The van der Waals surface area contributed by atoms with Gasteiger partial charge in [0.1, 0.15) is 11.5 Å². The van der Waals surface area contributed by atoms with Gasteiger partial charge in [-0.05, 0) is 49.2 Å². The van der Waals surface area contributed by atoms with Gasteiger partial charge in [-0.2, -0.15) is 0 Å². The molecule has 6 heteroatoms. The lowest BCUT2D eigenvalue weighted by atomic mass is 9.87. The number of para-hydroxylation sites is 1. The highest BCUT2D eigenvalue weighted by Crippen LogP contribution is 2.52. The van der Waals surface area contributed by atoms with E-state index in [9.17, 15) is 14.4 Å². The van der Waals surface area contributed by atoms with Crippen molar-refractivity contribution in [2.24, 2.45) is 0 Å². The van der Waals surface area contributed by atoms with Crippen LogP contribution in [0, 0.1) is 6.92 Å². The van der Waals surface area contributed by atoms with Gasteiger partial charge in [-0.3, -0.25) is 9.59 Å². The molecule has 2 heterocycles. The molecule has 3 aromatic rings. The average molecular weight is 417 g/mol. The van der Waals surface area contributed by atoms with Crippen LogP contribution in [0.5, 0.6) is 0 Å². The van der Waals surface area contributed by atoms with E-state index in [-0.39, 0.29) is 23.7 Å². The molecule has 0 N–H and O–H groups in total. The predicted molar refractivity (Wildman–Crippen MR) is 115 cm³/mol. The Morgan fingerprint density at radius 1 is 1.00 bits per heavy atom. The number of hydrogen-bond acceptors (Lipinski definition) is 5. The van der Waals surface area contributed by atoms with E-state index in [2.05, 4.69) is 0 Å². The van der Waals surface area contributed by atoms with Gasteiger partial charge in [0, 0.05) is 12.6 Å². The monoisotopic (exact) mass is 417 g/mol. The van der Waals surface area contributed by atoms with Gasteiger partial charge in [-0.15, -0.1) is 0 Å². The molecule has 0 saturated carbocycles. The third-order valence-electron chi connectivity index (χ3n) is 5.76. The summed E-state index contributed by atoms with van der Waals surface area (Å²) in [7, 11) is 1.34. The second-order valence-corrected chi connectivity index (χ2v) is 7.66. The van der Waals surface area contributed by atoms with Crippen molar-refractivity contribution in [2.75, 3.05) is 12.0 Å². The number of ketones is 1. The van der Waals surface area contributed by atoms with E-state index in [0.717, 1.165) is 16.8 Å². The Kier molecular flexibility index (Phi) is 5.23. The van der Waals surface area contributed by atoms with Crippen LogP contribution < -0.4 is 4.90 Å². The largest absolute Gasteiger partial charge is 0.465 e. The number of methoxy groups -OCH3 is 1. The Bertz CT molecular complexity index is 1170. The lowest BCUT2D eigenvalue weighted by Gasteiger charge is -2.28.